The van der Waals surface area contributed by atoms with Crippen LogP contribution < -0.4 is 5.32 Å². The van der Waals surface area contributed by atoms with Crippen LogP contribution in [0, 0.1) is 23.7 Å². The van der Waals surface area contributed by atoms with Gasteiger partial charge in [0.1, 0.15) is 6.04 Å². The largest absolute Gasteiger partial charge is 0.324 e. The first kappa shape index (κ1) is 19.9. The predicted octanol–water partition coefficient (Wildman–Crippen LogP) is 3.59. The van der Waals surface area contributed by atoms with E-state index in [-0.39, 0.29) is 47.8 Å². The molecule has 3 aromatic rings. The van der Waals surface area contributed by atoms with E-state index in [4.69, 9.17) is 0 Å². The zero-order valence-electron chi connectivity index (χ0n) is 17.9. The second kappa shape index (κ2) is 7.66. The van der Waals surface area contributed by atoms with Gasteiger partial charge in [0.2, 0.25) is 17.7 Å². The van der Waals surface area contributed by atoms with E-state index in [0.29, 0.717) is 5.69 Å². The van der Waals surface area contributed by atoms with Crippen LogP contribution in [0.4, 0.5) is 5.69 Å². The average Bonchev–Trinajstić information content (AvgIpc) is 3.52. The third-order valence-electron chi connectivity index (χ3n) is 7.26. The molecule has 3 amide bonds. The molecule has 6 rings (SSSR count). The molecule has 1 aliphatic heterocycles. The predicted molar refractivity (Wildman–Crippen MR) is 124 cm³/mol. The molecule has 1 aromatic heterocycles. The van der Waals surface area contributed by atoms with Crippen molar-refractivity contribution < 1.29 is 14.4 Å². The van der Waals surface area contributed by atoms with Crippen LogP contribution in [-0.4, -0.2) is 33.6 Å². The van der Waals surface area contributed by atoms with Crippen molar-refractivity contribution >= 4 is 34.3 Å². The highest BCUT2D eigenvalue weighted by atomic mass is 16.2. The molecule has 0 spiro atoms. The molecule has 33 heavy (non-hydrogen) atoms. The molecule has 6 heteroatoms. The van der Waals surface area contributed by atoms with Crippen molar-refractivity contribution in [1.29, 1.82) is 0 Å². The highest BCUT2D eigenvalue weighted by molar-refractivity contribution is 6.11. The number of imide groups is 1. The Morgan fingerprint density at radius 2 is 1.70 bits per heavy atom. The number of rotatable bonds is 5. The number of carbonyl (C=O) groups excluding carboxylic acids is 3. The summed E-state index contributed by atoms with van der Waals surface area (Å²) in [5.41, 5.74) is 2.34. The average molecular weight is 437 g/mol. The summed E-state index contributed by atoms with van der Waals surface area (Å²) in [6.45, 7) is 0. The molecule has 164 valence electrons. The summed E-state index contributed by atoms with van der Waals surface area (Å²) in [6.07, 6.45) is 6.99. The van der Waals surface area contributed by atoms with Gasteiger partial charge in [0.05, 0.1) is 17.4 Å². The van der Waals surface area contributed by atoms with Crippen LogP contribution in [0.3, 0.4) is 0 Å². The summed E-state index contributed by atoms with van der Waals surface area (Å²) in [5, 5.41) is 3.85. The first-order valence-electron chi connectivity index (χ1n) is 11.3. The Morgan fingerprint density at radius 1 is 0.970 bits per heavy atom. The molecule has 2 aliphatic carbocycles. The van der Waals surface area contributed by atoms with Gasteiger partial charge in [-0.25, -0.2) is 0 Å². The number of nitrogens with one attached hydrogen (secondary N) is 1. The SMILES string of the molecule is O=C(Nc1ccc2ncccc2c1)[C@H](Cc1ccccc1)N1C(=O)[C@H]2[C@H](C1=O)[C@H]1C=C[C@H]2C1. The minimum absolute atomic E-state index is 0.106. The normalized spacial score (nSPS) is 26.1. The van der Waals surface area contributed by atoms with Crippen LogP contribution in [-0.2, 0) is 20.8 Å². The Labute approximate surface area is 191 Å². The van der Waals surface area contributed by atoms with Crippen molar-refractivity contribution in [2.75, 3.05) is 5.32 Å². The minimum atomic E-state index is -0.901. The maximum atomic E-state index is 13.5. The van der Waals surface area contributed by atoms with Crippen LogP contribution in [0.25, 0.3) is 10.9 Å². The molecule has 2 bridgehead atoms. The van der Waals surface area contributed by atoms with Gasteiger partial charge in [-0.15, -0.1) is 0 Å². The number of amides is 3. The summed E-state index contributed by atoms with van der Waals surface area (Å²) in [4.78, 5) is 46.0. The van der Waals surface area contributed by atoms with E-state index < -0.39 is 6.04 Å². The molecule has 3 aliphatic rings. The lowest BCUT2D eigenvalue weighted by atomic mass is 9.85. The molecule has 1 saturated heterocycles. The first-order valence-corrected chi connectivity index (χ1v) is 11.3. The second-order valence-corrected chi connectivity index (χ2v) is 9.15. The fourth-order valence-corrected chi connectivity index (χ4v) is 5.75. The van der Waals surface area contributed by atoms with E-state index in [1.54, 1.807) is 12.3 Å². The monoisotopic (exact) mass is 437 g/mol. The second-order valence-electron chi connectivity index (χ2n) is 9.15. The number of hydrogen-bond donors (Lipinski definition) is 1. The third kappa shape index (κ3) is 3.25. The van der Waals surface area contributed by atoms with Crippen LogP contribution in [0.2, 0.25) is 0 Å². The van der Waals surface area contributed by atoms with Crippen molar-refractivity contribution in [3.8, 4) is 0 Å². The number of hydrogen-bond acceptors (Lipinski definition) is 4. The van der Waals surface area contributed by atoms with E-state index in [1.165, 1.54) is 4.90 Å². The number of nitrogens with zero attached hydrogens (tertiary/aromatic N) is 2. The molecule has 2 fully saturated rings. The fraction of sp³-hybridized carbons (Fsp3) is 0.259. The Kier molecular flexibility index (Phi) is 4.61. The number of likely N-dealkylation sites (tertiary alicyclic amines) is 1. The van der Waals surface area contributed by atoms with Gasteiger partial charge in [0, 0.05) is 23.7 Å². The summed E-state index contributed by atoms with van der Waals surface area (Å²) in [7, 11) is 0. The van der Waals surface area contributed by atoms with Crippen molar-refractivity contribution in [2.45, 2.75) is 18.9 Å². The van der Waals surface area contributed by atoms with E-state index in [9.17, 15) is 14.4 Å². The van der Waals surface area contributed by atoms with Gasteiger partial charge in [-0.2, -0.15) is 0 Å². The summed E-state index contributed by atoms with van der Waals surface area (Å²) >= 11 is 0. The lowest BCUT2D eigenvalue weighted by molar-refractivity contribution is -0.147. The quantitative estimate of drug-likeness (QED) is 0.489. The topological polar surface area (TPSA) is 79.4 Å². The molecule has 2 aromatic carbocycles. The molecular formula is C27H23N3O3. The van der Waals surface area contributed by atoms with E-state index in [2.05, 4.69) is 22.5 Å². The number of carbonyl (C=O) groups is 3. The minimum Gasteiger partial charge on any atom is -0.324 e. The first-order chi connectivity index (χ1) is 16.1. The van der Waals surface area contributed by atoms with Crippen molar-refractivity contribution in [1.82, 2.24) is 9.88 Å². The lowest BCUT2D eigenvalue weighted by Crippen LogP contribution is -2.49. The number of benzene rings is 2. The maximum absolute atomic E-state index is 13.5. The Morgan fingerprint density at radius 3 is 2.42 bits per heavy atom. The number of anilines is 1. The van der Waals surface area contributed by atoms with E-state index >= 15 is 0 Å². The molecule has 0 radical (unpaired) electrons. The van der Waals surface area contributed by atoms with Crippen LogP contribution in [0.15, 0.2) is 79.0 Å². The summed E-state index contributed by atoms with van der Waals surface area (Å²) in [5.74, 6) is -1.22. The third-order valence-corrected chi connectivity index (χ3v) is 7.26. The molecule has 1 N–H and O–H groups in total. The standard InChI is InChI=1S/C27H23N3O3/c31-25(29-20-10-11-21-17(15-20)7-4-12-28-21)22(13-16-5-2-1-3-6-16)30-26(32)23-18-8-9-19(14-18)24(23)27(30)33/h1-12,15,18-19,22-24H,13-14H2,(H,29,31)/t18-,19-,22-,23+,24+/m0/s1. The van der Waals surface area contributed by atoms with Gasteiger partial charge in [0.25, 0.3) is 0 Å². The van der Waals surface area contributed by atoms with E-state index in [1.807, 2.05) is 54.6 Å². The molecule has 1 saturated carbocycles. The van der Waals surface area contributed by atoms with Crippen molar-refractivity contribution in [3.05, 3.63) is 84.6 Å². The van der Waals surface area contributed by atoms with Gasteiger partial charge >= 0.3 is 0 Å². The number of allylic oxidation sites excluding steroid dienone is 2. The molecule has 0 unspecified atom stereocenters. The highest BCUT2D eigenvalue weighted by Crippen LogP contribution is 2.53. The summed E-state index contributed by atoms with van der Waals surface area (Å²) < 4.78 is 0. The Balaban J connectivity index is 1.32. The van der Waals surface area contributed by atoms with Crippen LogP contribution in [0.1, 0.15) is 12.0 Å². The molecule has 2 heterocycles. The van der Waals surface area contributed by atoms with Crippen LogP contribution >= 0.6 is 0 Å². The van der Waals surface area contributed by atoms with E-state index in [0.717, 1.165) is 22.9 Å². The smallest absolute Gasteiger partial charge is 0.248 e. The van der Waals surface area contributed by atoms with Crippen LogP contribution in [0.5, 0.6) is 0 Å². The van der Waals surface area contributed by atoms with Gasteiger partial charge < -0.3 is 5.32 Å². The Bertz CT molecular complexity index is 1270. The van der Waals surface area contributed by atoms with Crippen molar-refractivity contribution in [3.63, 3.8) is 0 Å². The van der Waals surface area contributed by atoms with Gasteiger partial charge in [0.15, 0.2) is 0 Å². The van der Waals surface area contributed by atoms with Crippen molar-refractivity contribution in [2.24, 2.45) is 23.7 Å². The number of pyridine rings is 1. The van der Waals surface area contributed by atoms with Gasteiger partial charge in [-0.05, 0) is 48.1 Å². The summed E-state index contributed by atoms with van der Waals surface area (Å²) in [6, 6.07) is 17.9. The maximum Gasteiger partial charge on any atom is 0.248 e. The molecular weight excluding hydrogens is 414 g/mol. The zero-order chi connectivity index (χ0) is 22.5. The zero-order valence-corrected chi connectivity index (χ0v) is 17.9. The lowest BCUT2D eigenvalue weighted by Gasteiger charge is -2.27. The molecule has 6 nitrogen and oxygen atoms in total. The number of aromatic nitrogens is 1. The fourth-order valence-electron chi connectivity index (χ4n) is 5.75. The Hall–Kier alpha value is -3.80. The molecule has 5 atom stereocenters. The highest BCUT2D eigenvalue weighted by Gasteiger charge is 2.61. The van der Waals surface area contributed by atoms with Gasteiger partial charge in [-0.3, -0.25) is 24.3 Å². The van der Waals surface area contributed by atoms with Gasteiger partial charge in [-0.1, -0.05) is 48.6 Å². The number of fused-ring (bicyclic) bond motifs is 6.